The first kappa shape index (κ1) is 13.8. The fourth-order valence-corrected chi connectivity index (χ4v) is 2.25. The second-order valence-electron chi connectivity index (χ2n) is 4.66. The highest BCUT2D eigenvalue weighted by Crippen LogP contribution is 2.29. The molecule has 0 amide bonds. The Labute approximate surface area is 109 Å². The summed E-state index contributed by atoms with van der Waals surface area (Å²) in [6.07, 6.45) is -4.14. The van der Waals surface area contributed by atoms with Gasteiger partial charge in [0.2, 0.25) is 0 Å². The highest BCUT2D eigenvalue weighted by Gasteiger charge is 2.32. The molecule has 1 aromatic rings. The second kappa shape index (κ2) is 5.16. The summed E-state index contributed by atoms with van der Waals surface area (Å²) in [4.78, 5) is 3.37. The van der Waals surface area contributed by atoms with Crippen molar-refractivity contribution < 1.29 is 13.2 Å². The number of anilines is 3. The highest BCUT2D eigenvalue weighted by atomic mass is 19.4. The van der Waals surface area contributed by atoms with Crippen molar-refractivity contribution in [3.8, 4) is 0 Å². The minimum Gasteiger partial charge on any atom is -0.397 e. The molecular formula is C12H17F3N4. The summed E-state index contributed by atoms with van der Waals surface area (Å²) in [6, 6.07) is 5.34. The maximum Gasteiger partial charge on any atom is 0.401 e. The van der Waals surface area contributed by atoms with Gasteiger partial charge in [-0.05, 0) is 12.1 Å². The van der Waals surface area contributed by atoms with Crippen LogP contribution < -0.4 is 16.4 Å². The van der Waals surface area contributed by atoms with Crippen LogP contribution in [0.2, 0.25) is 0 Å². The molecule has 0 radical (unpaired) electrons. The standard InChI is InChI=1S/C12H17F3N4/c13-12(14,15)8-18-4-6-19(7-5-18)10-3-1-2-9(16)11(10)17/h1-3H,4-8,16-17H2. The molecule has 0 atom stereocenters. The largest absolute Gasteiger partial charge is 0.401 e. The van der Waals surface area contributed by atoms with E-state index in [-0.39, 0.29) is 0 Å². The maximum atomic E-state index is 12.3. The summed E-state index contributed by atoms with van der Waals surface area (Å²) in [5, 5.41) is 0. The molecule has 7 heteroatoms. The van der Waals surface area contributed by atoms with Crippen molar-refractivity contribution in [2.45, 2.75) is 6.18 Å². The summed E-state index contributed by atoms with van der Waals surface area (Å²) in [7, 11) is 0. The zero-order valence-corrected chi connectivity index (χ0v) is 10.5. The lowest BCUT2D eigenvalue weighted by molar-refractivity contribution is -0.146. The van der Waals surface area contributed by atoms with Crippen LogP contribution in [0.1, 0.15) is 0 Å². The first-order chi connectivity index (χ1) is 8.87. The molecule has 0 spiro atoms. The van der Waals surface area contributed by atoms with Gasteiger partial charge in [-0.15, -0.1) is 0 Å². The van der Waals surface area contributed by atoms with E-state index < -0.39 is 12.7 Å². The van der Waals surface area contributed by atoms with Crippen molar-refractivity contribution in [1.29, 1.82) is 0 Å². The Hall–Kier alpha value is -1.63. The summed E-state index contributed by atoms with van der Waals surface area (Å²) >= 11 is 0. The van der Waals surface area contributed by atoms with Gasteiger partial charge >= 0.3 is 6.18 Å². The third-order valence-electron chi connectivity index (χ3n) is 3.23. The number of halogens is 3. The first-order valence-electron chi connectivity index (χ1n) is 6.05. The molecule has 0 bridgehead atoms. The molecule has 1 heterocycles. The number of hydrogen-bond acceptors (Lipinski definition) is 4. The average molecular weight is 274 g/mol. The van der Waals surface area contributed by atoms with E-state index in [9.17, 15) is 13.2 Å². The number of nitrogens with zero attached hydrogens (tertiary/aromatic N) is 2. The molecule has 4 N–H and O–H groups in total. The highest BCUT2D eigenvalue weighted by molar-refractivity contribution is 5.79. The second-order valence-corrected chi connectivity index (χ2v) is 4.66. The van der Waals surface area contributed by atoms with Crippen LogP contribution in [0.5, 0.6) is 0 Å². The Morgan fingerprint density at radius 1 is 1.05 bits per heavy atom. The van der Waals surface area contributed by atoms with Gasteiger partial charge in [-0.1, -0.05) is 6.07 Å². The van der Waals surface area contributed by atoms with E-state index in [4.69, 9.17) is 11.5 Å². The van der Waals surface area contributed by atoms with E-state index in [2.05, 4.69) is 0 Å². The van der Waals surface area contributed by atoms with E-state index in [1.807, 2.05) is 11.0 Å². The van der Waals surface area contributed by atoms with Gasteiger partial charge in [0.25, 0.3) is 0 Å². The van der Waals surface area contributed by atoms with Gasteiger partial charge in [0, 0.05) is 26.2 Å². The summed E-state index contributed by atoms with van der Waals surface area (Å²) in [6.45, 7) is 0.919. The average Bonchev–Trinajstić information content (AvgIpc) is 2.32. The zero-order valence-electron chi connectivity index (χ0n) is 10.5. The minimum atomic E-state index is -4.14. The predicted octanol–water partition coefficient (Wildman–Crippen LogP) is 1.54. The lowest BCUT2D eigenvalue weighted by Gasteiger charge is -2.36. The van der Waals surface area contributed by atoms with Crippen molar-refractivity contribution >= 4 is 17.1 Å². The lowest BCUT2D eigenvalue weighted by atomic mass is 10.2. The molecule has 1 saturated heterocycles. The van der Waals surface area contributed by atoms with Crippen LogP contribution in [-0.4, -0.2) is 43.8 Å². The fraction of sp³-hybridized carbons (Fsp3) is 0.500. The molecule has 1 aromatic carbocycles. The van der Waals surface area contributed by atoms with Crippen molar-refractivity contribution in [1.82, 2.24) is 4.90 Å². The molecule has 4 nitrogen and oxygen atoms in total. The Balaban J connectivity index is 1.98. The number of piperazine rings is 1. The fourth-order valence-electron chi connectivity index (χ4n) is 2.25. The Kier molecular flexibility index (Phi) is 3.75. The smallest absolute Gasteiger partial charge is 0.397 e. The van der Waals surface area contributed by atoms with E-state index in [0.29, 0.717) is 37.6 Å². The van der Waals surface area contributed by atoms with Crippen LogP contribution in [0, 0.1) is 0 Å². The van der Waals surface area contributed by atoms with E-state index >= 15 is 0 Å². The number of alkyl halides is 3. The molecule has 0 aromatic heterocycles. The number of para-hydroxylation sites is 1. The molecule has 0 saturated carbocycles. The molecular weight excluding hydrogens is 257 g/mol. The number of hydrogen-bond donors (Lipinski definition) is 2. The van der Waals surface area contributed by atoms with E-state index in [1.54, 1.807) is 12.1 Å². The molecule has 0 aliphatic carbocycles. The van der Waals surface area contributed by atoms with Gasteiger partial charge in [0.05, 0.1) is 23.6 Å². The Morgan fingerprint density at radius 3 is 2.26 bits per heavy atom. The third-order valence-corrected chi connectivity index (χ3v) is 3.23. The quantitative estimate of drug-likeness (QED) is 0.803. The monoisotopic (exact) mass is 274 g/mol. The van der Waals surface area contributed by atoms with Gasteiger partial charge in [-0.3, -0.25) is 4.90 Å². The van der Waals surface area contributed by atoms with Gasteiger partial charge in [-0.25, -0.2) is 0 Å². The molecule has 1 aliphatic heterocycles. The number of benzene rings is 1. The van der Waals surface area contributed by atoms with Crippen molar-refractivity contribution in [3.05, 3.63) is 18.2 Å². The first-order valence-corrected chi connectivity index (χ1v) is 6.05. The summed E-state index contributed by atoms with van der Waals surface area (Å²) in [5.74, 6) is 0. The van der Waals surface area contributed by atoms with E-state index in [0.717, 1.165) is 5.69 Å². The van der Waals surface area contributed by atoms with Crippen LogP contribution >= 0.6 is 0 Å². The lowest BCUT2D eigenvalue weighted by Crippen LogP contribution is -2.49. The van der Waals surface area contributed by atoms with Crippen molar-refractivity contribution in [3.63, 3.8) is 0 Å². The van der Waals surface area contributed by atoms with Gasteiger partial charge in [0.15, 0.2) is 0 Å². The molecule has 106 valence electrons. The van der Waals surface area contributed by atoms with Gasteiger partial charge in [-0.2, -0.15) is 13.2 Å². The molecule has 1 aliphatic rings. The zero-order chi connectivity index (χ0) is 14.0. The van der Waals surface area contributed by atoms with Crippen molar-refractivity contribution in [2.75, 3.05) is 49.1 Å². The van der Waals surface area contributed by atoms with Crippen LogP contribution in [0.4, 0.5) is 30.2 Å². The normalized spacial score (nSPS) is 17.7. The van der Waals surface area contributed by atoms with Crippen LogP contribution in [0.3, 0.4) is 0 Å². The predicted molar refractivity (Wildman–Crippen MR) is 70.0 cm³/mol. The number of nitrogen functional groups attached to an aromatic ring is 2. The van der Waals surface area contributed by atoms with Gasteiger partial charge < -0.3 is 16.4 Å². The number of nitrogens with two attached hydrogens (primary N) is 2. The maximum absolute atomic E-state index is 12.3. The Bertz CT molecular complexity index is 439. The molecule has 2 rings (SSSR count). The summed E-state index contributed by atoms with van der Waals surface area (Å²) in [5.41, 5.74) is 13.4. The van der Waals surface area contributed by atoms with E-state index in [1.165, 1.54) is 4.90 Å². The topological polar surface area (TPSA) is 58.5 Å². The molecule has 19 heavy (non-hydrogen) atoms. The molecule has 1 fully saturated rings. The third kappa shape index (κ3) is 3.44. The van der Waals surface area contributed by atoms with Crippen LogP contribution in [0.25, 0.3) is 0 Å². The Morgan fingerprint density at radius 2 is 1.68 bits per heavy atom. The summed E-state index contributed by atoms with van der Waals surface area (Å²) < 4.78 is 36.9. The van der Waals surface area contributed by atoms with Crippen molar-refractivity contribution in [2.24, 2.45) is 0 Å². The minimum absolute atomic E-state index is 0.369. The van der Waals surface area contributed by atoms with Crippen LogP contribution in [0.15, 0.2) is 18.2 Å². The van der Waals surface area contributed by atoms with Gasteiger partial charge in [0.1, 0.15) is 0 Å². The SMILES string of the molecule is Nc1cccc(N2CCN(CC(F)(F)F)CC2)c1N. The van der Waals surface area contributed by atoms with Crippen LogP contribution in [-0.2, 0) is 0 Å². The molecule has 0 unspecified atom stereocenters. The number of rotatable bonds is 2.